The second-order valence-electron chi connectivity index (χ2n) is 5.12. The van der Waals surface area contributed by atoms with Crippen LogP contribution in [0.2, 0.25) is 0 Å². The van der Waals surface area contributed by atoms with Crippen LogP contribution in [0.5, 0.6) is 0 Å². The summed E-state index contributed by atoms with van der Waals surface area (Å²) in [5.74, 6) is 1.29. The van der Waals surface area contributed by atoms with Crippen molar-refractivity contribution in [2.45, 2.75) is 26.3 Å². The largest absolute Gasteiger partial charge is 0.339 e. The average Bonchev–Trinajstić information content (AvgIpc) is 3.00. The predicted molar refractivity (Wildman–Crippen MR) is 74.7 cm³/mol. The number of fused-ring (bicyclic) bond motifs is 1. The standard InChI is InChI=1S/C14H16N4O2/c1-9(2)13-15-12(16-20-13)8-18-11-7-5-4-6-10(11)17(3)14(18)19/h4-7,9H,8H2,1-3H3. The summed E-state index contributed by atoms with van der Waals surface area (Å²) in [6, 6.07) is 7.66. The highest BCUT2D eigenvalue weighted by molar-refractivity contribution is 5.75. The van der Waals surface area contributed by atoms with E-state index in [2.05, 4.69) is 10.1 Å². The van der Waals surface area contributed by atoms with Gasteiger partial charge < -0.3 is 4.52 Å². The minimum absolute atomic E-state index is 0.0814. The molecule has 0 aliphatic carbocycles. The van der Waals surface area contributed by atoms with Gasteiger partial charge in [-0.3, -0.25) is 9.13 Å². The summed E-state index contributed by atoms with van der Waals surface area (Å²) in [6.45, 7) is 4.29. The molecule has 3 rings (SSSR count). The van der Waals surface area contributed by atoms with Crippen LogP contribution in [0.4, 0.5) is 0 Å². The molecule has 6 heteroatoms. The first-order valence-electron chi connectivity index (χ1n) is 6.54. The lowest BCUT2D eigenvalue weighted by Crippen LogP contribution is -2.23. The molecule has 0 aliphatic heterocycles. The monoisotopic (exact) mass is 272 g/mol. The summed E-state index contributed by atoms with van der Waals surface area (Å²) in [6.07, 6.45) is 0. The molecule has 0 saturated heterocycles. The molecule has 0 aliphatic rings. The minimum atomic E-state index is -0.0814. The van der Waals surface area contributed by atoms with Crippen molar-refractivity contribution in [3.63, 3.8) is 0 Å². The van der Waals surface area contributed by atoms with Crippen LogP contribution in [-0.2, 0) is 13.6 Å². The molecule has 0 atom stereocenters. The highest BCUT2D eigenvalue weighted by atomic mass is 16.5. The van der Waals surface area contributed by atoms with E-state index in [1.165, 1.54) is 0 Å². The van der Waals surface area contributed by atoms with Crippen molar-refractivity contribution in [2.24, 2.45) is 7.05 Å². The van der Waals surface area contributed by atoms with Crippen LogP contribution in [0.1, 0.15) is 31.5 Å². The molecular formula is C14H16N4O2. The molecule has 0 bridgehead atoms. The molecule has 2 aromatic heterocycles. The van der Waals surface area contributed by atoms with Gasteiger partial charge in [-0.1, -0.05) is 31.1 Å². The molecule has 20 heavy (non-hydrogen) atoms. The zero-order valence-corrected chi connectivity index (χ0v) is 11.7. The lowest BCUT2D eigenvalue weighted by Gasteiger charge is -1.98. The van der Waals surface area contributed by atoms with Gasteiger partial charge in [-0.05, 0) is 12.1 Å². The molecule has 1 aromatic carbocycles. The van der Waals surface area contributed by atoms with Crippen LogP contribution in [-0.4, -0.2) is 19.3 Å². The Kier molecular flexibility index (Phi) is 2.93. The summed E-state index contributed by atoms with van der Waals surface area (Å²) < 4.78 is 8.45. The Labute approximate surface area is 115 Å². The predicted octanol–water partition coefficient (Wildman–Crippen LogP) is 1.89. The molecule has 0 spiro atoms. The molecular weight excluding hydrogens is 256 g/mol. The van der Waals surface area contributed by atoms with E-state index in [0.29, 0.717) is 18.3 Å². The van der Waals surface area contributed by atoms with Crippen molar-refractivity contribution in [3.8, 4) is 0 Å². The maximum atomic E-state index is 12.3. The minimum Gasteiger partial charge on any atom is -0.339 e. The number of imidazole rings is 1. The van der Waals surface area contributed by atoms with Crippen LogP contribution in [0, 0.1) is 0 Å². The van der Waals surface area contributed by atoms with Crippen molar-refractivity contribution < 1.29 is 4.52 Å². The Hall–Kier alpha value is -2.37. The average molecular weight is 272 g/mol. The fraction of sp³-hybridized carbons (Fsp3) is 0.357. The fourth-order valence-corrected chi connectivity index (χ4v) is 2.22. The Morgan fingerprint density at radius 1 is 1.25 bits per heavy atom. The summed E-state index contributed by atoms with van der Waals surface area (Å²) in [7, 11) is 1.76. The fourth-order valence-electron chi connectivity index (χ4n) is 2.22. The van der Waals surface area contributed by atoms with Gasteiger partial charge in [0.1, 0.15) is 0 Å². The zero-order chi connectivity index (χ0) is 14.3. The first kappa shape index (κ1) is 12.7. The Balaban J connectivity index is 2.06. The number of rotatable bonds is 3. The third kappa shape index (κ3) is 1.93. The summed E-state index contributed by atoms with van der Waals surface area (Å²) >= 11 is 0. The van der Waals surface area contributed by atoms with Crippen LogP contribution in [0.3, 0.4) is 0 Å². The molecule has 3 aromatic rings. The number of hydrogen-bond donors (Lipinski definition) is 0. The second-order valence-corrected chi connectivity index (χ2v) is 5.12. The number of benzene rings is 1. The summed E-state index contributed by atoms with van der Waals surface area (Å²) in [4.78, 5) is 16.6. The van der Waals surface area contributed by atoms with Gasteiger partial charge in [0, 0.05) is 13.0 Å². The summed E-state index contributed by atoms with van der Waals surface area (Å²) in [5, 5.41) is 3.93. The normalized spacial score (nSPS) is 11.6. The van der Waals surface area contributed by atoms with E-state index in [1.807, 2.05) is 38.1 Å². The summed E-state index contributed by atoms with van der Waals surface area (Å²) in [5.41, 5.74) is 1.68. The van der Waals surface area contributed by atoms with E-state index in [-0.39, 0.29) is 11.6 Å². The molecule has 2 heterocycles. The van der Waals surface area contributed by atoms with Crippen LogP contribution in [0.25, 0.3) is 11.0 Å². The van der Waals surface area contributed by atoms with E-state index >= 15 is 0 Å². The molecule has 0 fully saturated rings. The van der Waals surface area contributed by atoms with Gasteiger partial charge in [0.2, 0.25) is 5.89 Å². The number of aryl methyl sites for hydroxylation is 1. The lowest BCUT2D eigenvalue weighted by atomic mass is 10.2. The second kappa shape index (κ2) is 4.63. The van der Waals surface area contributed by atoms with Crippen molar-refractivity contribution in [1.29, 1.82) is 0 Å². The van der Waals surface area contributed by atoms with E-state index in [9.17, 15) is 4.79 Å². The maximum absolute atomic E-state index is 12.3. The number of para-hydroxylation sites is 2. The van der Waals surface area contributed by atoms with Gasteiger partial charge in [0.25, 0.3) is 0 Å². The quantitative estimate of drug-likeness (QED) is 0.730. The maximum Gasteiger partial charge on any atom is 0.329 e. The van der Waals surface area contributed by atoms with Gasteiger partial charge in [-0.2, -0.15) is 4.98 Å². The van der Waals surface area contributed by atoms with E-state index in [4.69, 9.17) is 4.52 Å². The van der Waals surface area contributed by atoms with Gasteiger partial charge >= 0.3 is 5.69 Å². The molecule has 6 nitrogen and oxygen atoms in total. The van der Waals surface area contributed by atoms with Crippen LogP contribution in [0.15, 0.2) is 33.6 Å². The highest BCUT2D eigenvalue weighted by Crippen LogP contribution is 2.14. The number of hydrogen-bond acceptors (Lipinski definition) is 4. The molecule has 0 radical (unpaired) electrons. The highest BCUT2D eigenvalue weighted by Gasteiger charge is 2.14. The molecule has 0 amide bonds. The van der Waals surface area contributed by atoms with Gasteiger partial charge in [0.05, 0.1) is 17.6 Å². The first-order valence-corrected chi connectivity index (χ1v) is 6.54. The van der Waals surface area contributed by atoms with Crippen molar-refractivity contribution >= 4 is 11.0 Å². The Morgan fingerprint density at radius 2 is 1.95 bits per heavy atom. The van der Waals surface area contributed by atoms with Gasteiger partial charge in [-0.25, -0.2) is 4.79 Å². The van der Waals surface area contributed by atoms with Crippen LogP contribution < -0.4 is 5.69 Å². The number of aromatic nitrogens is 4. The molecule has 0 saturated carbocycles. The van der Waals surface area contributed by atoms with Crippen molar-refractivity contribution in [2.75, 3.05) is 0 Å². The third-order valence-corrected chi connectivity index (χ3v) is 3.33. The van der Waals surface area contributed by atoms with E-state index in [0.717, 1.165) is 11.0 Å². The van der Waals surface area contributed by atoms with Gasteiger partial charge in [-0.15, -0.1) is 0 Å². The van der Waals surface area contributed by atoms with Crippen LogP contribution >= 0.6 is 0 Å². The Bertz CT molecular complexity index is 810. The van der Waals surface area contributed by atoms with E-state index in [1.54, 1.807) is 16.2 Å². The van der Waals surface area contributed by atoms with Crippen molar-refractivity contribution in [3.05, 3.63) is 46.5 Å². The SMILES string of the molecule is CC(C)c1nc(Cn2c(=O)n(C)c3ccccc32)no1. The molecule has 0 N–H and O–H groups in total. The van der Waals surface area contributed by atoms with Gasteiger partial charge in [0.15, 0.2) is 5.82 Å². The zero-order valence-electron chi connectivity index (χ0n) is 11.7. The topological polar surface area (TPSA) is 65.8 Å². The number of nitrogens with zero attached hydrogens (tertiary/aromatic N) is 4. The smallest absolute Gasteiger partial charge is 0.329 e. The van der Waals surface area contributed by atoms with E-state index < -0.39 is 0 Å². The third-order valence-electron chi connectivity index (χ3n) is 3.33. The Morgan fingerprint density at radius 3 is 2.60 bits per heavy atom. The molecule has 0 unspecified atom stereocenters. The lowest BCUT2D eigenvalue weighted by molar-refractivity contribution is 0.360. The van der Waals surface area contributed by atoms with Crippen molar-refractivity contribution in [1.82, 2.24) is 19.3 Å². The first-order chi connectivity index (χ1) is 9.58. The molecule has 104 valence electrons.